The van der Waals surface area contributed by atoms with Crippen LogP contribution in [-0.2, 0) is 0 Å². The predicted molar refractivity (Wildman–Crippen MR) is 83.3 cm³/mol. The lowest BCUT2D eigenvalue weighted by molar-refractivity contribution is 0.224. The fraction of sp³-hybridized carbons (Fsp3) is 0.357. The third-order valence-electron chi connectivity index (χ3n) is 4.31. The quantitative estimate of drug-likeness (QED) is 0.738. The number of aromatic nitrogens is 4. The average Bonchev–Trinajstić information content (AvgIpc) is 3.17. The average molecular weight is 314 g/mol. The summed E-state index contributed by atoms with van der Waals surface area (Å²) in [5, 5.41) is 21.0. The highest BCUT2D eigenvalue weighted by Crippen LogP contribution is 2.30. The van der Waals surface area contributed by atoms with Crippen LogP contribution in [0.3, 0.4) is 0 Å². The zero-order valence-electron chi connectivity index (χ0n) is 11.7. The fourth-order valence-electron chi connectivity index (χ4n) is 3.26. The van der Waals surface area contributed by atoms with E-state index in [4.69, 9.17) is 0 Å². The monoisotopic (exact) mass is 314 g/mol. The Bertz CT molecular complexity index is 829. The molecular weight excluding hydrogens is 300 g/mol. The van der Waals surface area contributed by atoms with Gasteiger partial charge in [0.2, 0.25) is 5.95 Å². The number of anilines is 1. The van der Waals surface area contributed by atoms with Crippen molar-refractivity contribution in [2.45, 2.75) is 18.5 Å². The van der Waals surface area contributed by atoms with Crippen LogP contribution in [0.25, 0.3) is 16.3 Å². The molecule has 3 aromatic rings. The number of hydrogen-bond donors (Lipinski definition) is 2. The van der Waals surface area contributed by atoms with Gasteiger partial charge in [-0.2, -0.15) is 4.98 Å². The molecule has 3 aromatic heterocycles. The molecule has 0 saturated carbocycles. The SMILES string of the molecule is Oc1ccc(-c2nccs2)n2nc(N3CC4CC(C3)N4)nc12. The Hall–Kier alpha value is -2.19. The predicted octanol–water partition coefficient (Wildman–Crippen LogP) is 1.11. The molecule has 6 rings (SSSR count). The van der Waals surface area contributed by atoms with E-state index in [2.05, 4.69) is 25.3 Å². The van der Waals surface area contributed by atoms with E-state index < -0.39 is 0 Å². The molecular formula is C14H14N6OS. The van der Waals surface area contributed by atoms with Gasteiger partial charge in [-0.15, -0.1) is 16.4 Å². The molecule has 2 atom stereocenters. The third kappa shape index (κ3) is 1.74. The number of nitrogens with zero attached hydrogens (tertiary/aromatic N) is 5. The summed E-state index contributed by atoms with van der Waals surface area (Å²) >= 11 is 1.54. The maximum Gasteiger partial charge on any atom is 0.245 e. The molecule has 3 aliphatic rings. The highest BCUT2D eigenvalue weighted by atomic mass is 32.1. The summed E-state index contributed by atoms with van der Waals surface area (Å²) < 4.78 is 1.69. The van der Waals surface area contributed by atoms with Crippen molar-refractivity contribution in [2.75, 3.05) is 18.0 Å². The summed E-state index contributed by atoms with van der Waals surface area (Å²) in [6.45, 7) is 1.83. The smallest absolute Gasteiger partial charge is 0.245 e. The molecule has 0 spiro atoms. The molecule has 2 N–H and O–H groups in total. The first kappa shape index (κ1) is 12.4. The van der Waals surface area contributed by atoms with Crippen LogP contribution in [-0.4, -0.2) is 49.9 Å². The van der Waals surface area contributed by atoms with E-state index in [-0.39, 0.29) is 5.75 Å². The van der Waals surface area contributed by atoms with Gasteiger partial charge in [-0.3, -0.25) is 0 Å². The Kier molecular flexibility index (Phi) is 2.47. The van der Waals surface area contributed by atoms with Crippen molar-refractivity contribution in [3.63, 3.8) is 0 Å². The molecule has 3 fully saturated rings. The summed E-state index contributed by atoms with van der Waals surface area (Å²) in [4.78, 5) is 11.1. The number of rotatable bonds is 2. The highest BCUT2D eigenvalue weighted by molar-refractivity contribution is 7.13. The zero-order valence-corrected chi connectivity index (χ0v) is 12.5. The van der Waals surface area contributed by atoms with E-state index in [1.165, 1.54) is 6.42 Å². The molecule has 8 heteroatoms. The van der Waals surface area contributed by atoms with E-state index in [1.54, 1.807) is 28.1 Å². The van der Waals surface area contributed by atoms with E-state index in [0.717, 1.165) is 23.8 Å². The number of hydrogen-bond acceptors (Lipinski definition) is 7. The van der Waals surface area contributed by atoms with Crippen LogP contribution in [0.15, 0.2) is 23.7 Å². The first-order chi connectivity index (χ1) is 10.8. The van der Waals surface area contributed by atoms with Crippen molar-refractivity contribution >= 4 is 22.9 Å². The number of nitrogens with one attached hydrogen (secondary N) is 1. The van der Waals surface area contributed by atoms with Crippen molar-refractivity contribution in [3.8, 4) is 16.5 Å². The highest BCUT2D eigenvalue weighted by Gasteiger charge is 2.37. The summed E-state index contributed by atoms with van der Waals surface area (Å²) in [5.74, 6) is 0.815. The molecule has 3 saturated heterocycles. The Morgan fingerprint density at radius 2 is 2.09 bits per heavy atom. The number of aromatic hydroxyl groups is 1. The molecule has 2 bridgehead atoms. The van der Waals surface area contributed by atoms with Crippen LogP contribution in [0.4, 0.5) is 5.95 Å². The Morgan fingerprint density at radius 1 is 1.27 bits per heavy atom. The van der Waals surface area contributed by atoms with Crippen molar-refractivity contribution in [2.24, 2.45) is 0 Å². The molecule has 0 radical (unpaired) electrons. The second-order valence-electron chi connectivity index (χ2n) is 5.79. The van der Waals surface area contributed by atoms with Crippen molar-refractivity contribution in [1.29, 1.82) is 0 Å². The van der Waals surface area contributed by atoms with Gasteiger partial charge in [0.1, 0.15) is 10.7 Å². The lowest BCUT2D eigenvalue weighted by Crippen LogP contribution is -2.67. The van der Waals surface area contributed by atoms with Crippen LogP contribution >= 0.6 is 11.3 Å². The molecule has 112 valence electrons. The Balaban J connectivity index is 1.63. The van der Waals surface area contributed by atoms with Gasteiger partial charge in [0.05, 0.1) is 0 Å². The van der Waals surface area contributed by atoms with E-state index in [1.807, 2.05) is 11.4 Å². The number of piperazine rings is 1. The summed E-state index contributed by atoms with van der Waals surface area (Å²) in [6, 6.07) is 4.56. The standard InChI is InChI=1S/C14H14N6OS/c21-11-2-1-10(13-15-3-4-22-13)20-12(11)17-14(18-20)19-6-8-5-9(7-19)16-8/h1-4,8-9,16,21H,5-7H2. The summed E-state index contributed by atoms with van der Waals surface area (Å²) in [5.41, 5.74) is 1.33. The molecule has 2 unspecified atom stereocenters. The van der Waals surface area contributed by atoms with E-state index >= 15 is 0 Å². The third-order valence-corrected chi connectivity index (χ3v) is 5.10. The summed E-state index contributed by atoms with van der Waals surface area (Å²) in [6.07, 6.45) is 3.00. The Morgan fingerprint density at radius 3 is 2.82 bits per heavy atom. The van der Waals surface area contributed by atoms with E-state index in [0.29, 0.717) is 23.7 Å². The van der Waals surface area contributed by atoms with Crippen molar-refractivity contribution in [1.82, 2.24) is 24.9 Å². The second-order valence-corrected chi connectivity index (χ2v) is 6.68. The molecule has 0 aromatic carbocycles. The number of thiazole rings is 1. The lowest BCUT2D eigenvalue weighted by Gasteiger charge is -2.47. The molecule has 22 heavy (non-hydrogen) atoms. The van der Waals surface area contributed by atoms with Crippen LogP contribution in [0.2, 0.25) is 0 Å². The van der Waals surface area contributed by atoms with Crippen LogP contribution in [0.5, 0.6) is 5.75 Å². The number of piperidine rings is 1. The minimum atomic E-state index is 0.138. The van der Waals surface area contributed by atoms with Gasteiger partial charge in [0, 0.05) is 36.8 Å². The molecule has 3 aliphatic heterocycles. The van der Waals surface area contributed by atoms with Gasteiger partial charge in [-0.1, -0.05) is 0 Å². The molecule has 0 aliphatic carbocycles. The van der Waals surface area contributed by atoms with Crippen LogP contribution in [0, 0.1) is 0 Å². The molecule has 0 amide bonds. The summed E-state index contributed by atoms with van der Waals surface area (Å²) in [7, 11) is 0. The first-order valence-corrected chi connectivity index (χ1v) is 8.15. The minimum absolute atomic E-state index is 0.138. The number of fused-ring (bicyclic) bond motifs is 3. The fourth-order valence-corrected chi connectivity index (χ4v) is 3.91. The minimum Gasteiger partial charge on any atom is -0.504 e. The van der Waals surface area contributed by atoms with Gasteiger partial charge < -0.3 is 15.3 Å². The first-order valence-electron chi connectivity index (χ1n) is 7.27. The normalized spacial score (nSPS) is 23.7. The van der Waals surface area contributed by atoms with Gasteiger partial charge in [0.25, 0.3) is 0 Å². The van der Waals surface area contributed by atoms with Crippen molar-refractivity contribution < 1.29 is 5.11 Å². The number of pyridine rings is 1. The topological polar surface area (TPSA) is 78.6 Å². The van der Waals surface area contributed by atoms with Crippen LogP contribution in [0.1, 0.15) is 6.42 Å². The van der Waals surface area contributed by atoms with Crippen molar-refractivity contribution in [3.05, 3.63) is 23.7 Å². The lowest BCUT2D eigenvalue weighted by atomic mass is 9.92. The zero-order chi connectivity index (χ0) is 14.7. The van der Waals surface area contributed by atoms with E-state index in [9.17, 15) is 5.11 Å². The molecule has 6 heterocycles. The van der Waals surface area contributed by atoms with Gasteiger partial charge in [0.15, 0.2) is 11.4 Å². The maximum absolute atomic E-state index is 10.1. The molecule has 7 nitrogen and oxygen atoms in total. The van der Waals surface area contributed by atoms with Gasteiger partial charge in [-0.25, -0.2) is 9.50 Å². The Labute approximate surface area is 130 Å². The maximum atomic E-state index is 10.1. The van der Waals surface area contributed by atoms with Gasteiger partial charge >= 0.3 is 0 Å². The van der Waals surface area contributed by atoms with Gasteiger partial charge in [-0.05, 0) is 18.6 Å². The van der Waals surface area contributed by atoms with Crippen LogP contribution < -0.4 is 10.2 Å². The largest absolute Gasteiger partial charge is 0.504 e. The second kappa shape index (κ2) is 4.40.